The maximum atomic E-state index is 4.39. The van der Waals surface area contributed by atoms with Gasteiger partial charge in [-0.25, -0.2) is 5.43 Å². The van der Waals surface area contributed by atoms with E-state index in [0.717, 1.165) is 26.5 Å². The minimum absolute atomic E-state index is 0.327. The first kappa shape index (κ1) is 13.8. The third kappa shape index (κ3) is 2.76. The topological polar surface area (TPSA) is 91.7 Å². The van der Waals surface area contributed by atoms with Crippen molar-refractivity contribution in [1.82, 2.24) is 25.1 Å². The van der Waals surface area contributed by atoms with E-state index in [1.54, 1.807) is 18.6 Å². The normalized spacial score (nSPS) is 11.5. The molecule has 23 heavy (non-hydrogen) atoms. The number of aromatic amines is 1. The van der Waals surface area contributed by atoms with Gasteiger partial charge in [-0.3, -0.25) is 4.98 Å². The van der Waals surface area contributed by atoms with Crippen molar-refractivity contribution in [3.63, 3.8) is 0 Å². The molecule has 3 heterocycles. The summed E-state index contributed by atoms with van der Waals surface area (Å²) in [7, 11) is 0. The first-order valence-electron chi connectivity index (χ1n) is 6.80. The summed E-state index contributed by atoms with van der Waals surface area (Å²) in [5, 5.41) is 13.4. The fourth-order valence-electron chi connectivity index (χ4n) is 2.20. The zero-order valence-corrected chi connectivity index (χ0v) is 13.3. The Balaban J connectivity index is 1.64. The lowest BCUT2D eigenvalue weighted by atomic mass is 10.2. The lowest BCUT2D eigenvalue weighted by molar-refractivity contribution is 1.01. The second kappa shape index (κ2) is 5.73. The molecule has 0 amide bonds. The average Bonchev–Trinajstić information content (AvgIpc) is 2.93. The van der Waals surface area contributed by atoms with Crippen molar-refractivity contribution < 1.29 is 0 Å². The summed E-state index contributed by atoms with van der Waals surface area (Å²) in [6.07, 6.45) is 5.07. The molecule has 1 aromatic carbocycles. The minimum atomic E-state index is 0.327. The van der Waals surface area contributed by atoms with Crippen molar-refractivity contribution in [3.05, 3.63) is 52.8 Å². The van der Waals surface area contributed by atoms with E-state index >= 15 is 0 Å². The highest BCUT2D eigenvalue weighted by molar-refractivity contribution is 9.10. The summed E-state index contributed by atoms with van der Waals surface area (Å²) in [6, 6.07) is 9.62. The Kier molecular flexibility index (Phi) is 3.43. The highest BCUT2D eigenvalue weighted by Crippen LogP contribution is 2.25. The van der Waals surface area contributed by atoms with E-state index in [4.69, 9.17) is 0 Å². The van der Waals surface area contributed by atoms with Crippen LogP contribution in [-0.2, 0) is 0 Å². The first-order valence-corrected chi connectivity index (χ1v) is 7.60. The van der Waals surface area contributed by atoms with Gasteiger partial charge in [0.25, 0.3) is 5.95 Å². The summed E-state index contributed by atoms with van der Waals surface area (Å²) in [5.41, 5.74) is 6.05. The third-order valence-corrected chi connectivity index (χ3v) is 3.75. The average molecular weight is 368 g/mol. The van der Waals surface area contributed by atoms with Gasteiger partial charge in [-0.2, -0.15) is 10.1 Å². The van der Waals surface area contributed by atoms with E-state index < -0.39 is 0 Å². The number of aromatic nitrogens is 5. The molecule has 0 aliphatic rings. The molecule has 4 aromatic rings. The van der Waals surface area contributed by atoms with Crippen molar-refractivity contribution in [1.29, 1.82) is 0 Å². The highest BCUT2D eigenvalue weighted by atomic mass is 79.9. The lowest BCUT2D eigenvalue weighted by Crippen LogP contribution is -1.98. The quantitative estimate of drug-likeness (QED) is 0.428. The number of pyridine rings is 1. The van der Waals surface area contributed by atoms with E-state index in [9.17, 15) is 0 Å². The lowest BCUT2D eigenvalue weighted by Gasteiger charge is -1.97. The van der Waals surface area contributed by atoms with Gasteiger partial charge < -0.3 is 4.98 Å². The molecule has 112 valence electrons. The van der Waals surface area contributed by atoms with Crippen molar-refractivity contribution in [2.75, 3.05) is 5.43 Å². The molecule has 0 aliphatic carbocycles. The Morgan fingerprint density at radius 2 is 2.00 bits per heavy atom. The molecule has 0 atom stereocenters. The molecule has 0 unspecified atom stereocenters. The van der Waals surface area contributed by atoms with Crippen molar-refractivity contribution in [2.45, 2.75) is 0 Å². The van der Waals surface area contributed by atoms with Gasteiger partial charge in [-0.1, -0.05) is 15.9 Å². The van der Waals surface area contributed by atoms with Crippen LogP contribution in [0.2, 0.25) is 0 Å². The molecule has 0 saturated heterocycles. The zero-order chi connectivity index (χ0) is 15.6. The molecule has 7 nitrogen and oxygen atoms in total. The Labute approximate surface area is 139 Å². The predicted molar refractivity (Wildman–Crippen MR) is 92.3 cm³/mol. The number of nitrogens with zero attached hydrogens (tertiary/aromatic N) is 5. The summed E-state index contributed by atoms with van der Waals surface area (Å²) in [4.78, 5) is 11.6. The van der Waals surface area contributed by atoms with Gasteiger partial charge in [0, 0.05) is 27.8 Å². The highest BCUT2D eigenvalue weighted by Gasteiger charge is 2.09. The Hall–Kier alpha value is -2.87. The van der Waals surface area contributed by atoms with E-state index in [-0.39, 0.29) is 0 Å². The van der Waals surface area contributed by atoms with Crippen LogP contribution in [0, 0.1) is 0 Å². The predicted octanol–water partition coefficient (Wildman–Crippen LogP) is 3.11. The number of H-pyrrole nitrogens is 1. The molecule has 0 radical (unpaired) electrons. The van der Waals surface area contributed by atoms with Crippen LogP contribution in [0.1, 0.15) is 5.56 Å². The van der Waals surface area contributed by atoms with E-state index in [1.165, 1.54) is 0 Å². The molecular formula is C15H10BrN7. The maximum absolute atomic E-state index is 4.39. The van der Waals surface area contributed by atoms with Crippen LogP contribution in [0.3, 0.4) is 0 Å². The number of fused-ring (bicyclic) bond motifs is 3. The number of rotatable bonds is 3. The van der Waals surface area contributed by atoms with Gasteiger partial charge in [0.15, 0.2) is 5.65 Å². The molecule has 0 saturated carbocycles. The molecule has 4 rings (SSSR count). The molecule has 0 aliphatic heterocycles. The van der Waals surface area contributed by atoms with Gasteiger partial charge in [0.05, 0.1) is 6.21 Å². The van der Waals surface area contributed by atoms with Crippen molar-refractivity contribution in [3.8, 4) is 0 Å². The van der Waals surface area contributed by atoms with Crippen LogP contribution in [0.15, 0.2) is 52.3 Å². The van der Waals surface area contributed by atoms with Gasteiger partial charge in [-0.15, -0.1) is 10.2 Å². The smallest absolute Gasteiger partial charge is 0.265 e. The summed E-state index contributed by atoms with van der Waals surface area (Å²) >= 11 is 3.46. The molecule has 0 bridgehead atoms. The number of hydrogen-bond acceptors (Lipinski definition) is 6. The molecule has 8 heteroatoms. The zero-order valence-electron chi connectivity index (χ0n) is 11.7. The summed E-state index contributed by atoms with van der Waals surface area (Å²) in [5.74, 6) is 0.327. The van der Waals surface area contributed by atoms with Gasteiger partial charge in [0.1, 0.15) is 5.52 Å². The summed E-state index contributed by atoms with van der Waals surface area (Å²) < 4.78 is 0.983. The monoisotopic (exact) mass is 367 g/mol. The van der Waals surface area contributed by atoms with Crippen LogP contribution in [0.5, 0.6) is 0 Å². The second-order valence-electron chi connectivity index (χ2n) is 4.80. The van der Waals surface area contributed by atoms with Crippen molar-refractivity contribution in [2.24, 2.45) is 5.10 Å². The van der Waals surface area contributed by atoms with Crippen molar-refractivity contribution >= 4 is 50.2 Å². The van der Waals surface area contributed by atoms with Crippen LogP contribution in [-0.4, -0.2) is 31.4 Å². The Bertz CT molecular complexity index is 1010. The third-order valence-electron chi connectivity index (χ3n) is 3.26. The standard InChI is InChI=1S/C15H10BrN7/c16-10-1-2-12-11(7-10)13-14(19-12)20-15(23-21-13)22-18-8-9-3-5-17-6-4-9/h1-8H,(H2,19,20,22,23)/b18-8+. The number of benzene rings is 1. The number of nitrogens with one attached hydrogen (secondary N) is 2. The largest absolute Gasteiger partial charge is 0.338 e. The fourth-order valence-corrected chi connectivity index (χ4v) is 2.57. The number of hydrogen-bond donors (Lipinski definition) is 2. The van der Waals surface area contributed by atoms with Crippen LogP contribution in [0.25, 0.3) is 22.1 Å². The van der Waals surface area contributed by atoms with Crippen LogP contribution in [0.4, 0.5) is 5.95 Å². The Morgan fingerprint density at radius 1 is 1.13 bits per heavy atom. The molecule has 0 spiro atoms. The first-order chi connectivity index (χ1) is 11.3. The second-order valence-corrected chi connectivity index (χ2v) is 5.71. The SMILES string of the molecule is Brc1ccc2[nH]c3nc(N/N=C/c4ccncc4)nnc3c2c1. The number of hydrazone groups is 1. The van der Waals surface area contributed by atoms with E-state index in [1.807, 2.05) is 30.3 Å². The summed E-state index contributed by atoms with van der Waals surface area (Å²) in [6.45, 7) is 0. The maximum Gasteiger partial charge on any atom is 0.265 e. The number of anilines is 1. The van der Waals surface area contributed by atoms with Gasteiger partial charge in [-0.05, 0) is 35.9 Å². The van der Waals surface area contributed by atoms with E-state index in [2.05, 4.69) is 51.6 Å². The van der Waals surface area contributed by atoms with Crippen LogP contribution >= 0.6 is 15.9 Å². The molecule has 3 aromatic heterocycles. The Morgan fingerprint density at radius 3 is 2.87 bits per heavy atom. The van der Waals surface area contributed by atoms with E-state index in [0.29, 0.717) is 11.6 Å². The minimum Gasteiger partial charge on any atom is -0.338 e. The molecular weight excluding hydrogens is 358 g/mol. The fraction of sp³-hybridized carbons (Fsp3) is 0. The molecule has 0 fully saturated rings. The van der Waals surface area contributed by atoms with Gasteiger partial charge in [0.2, 0.25) is 0 Å². The van der Waals surface area contributed by atoms with Gasteiger partial charge >= 0.3 is 0 Å². The molecule has 2 N–H and O–H groups in total. The number of halogens is 1. The van der Waals surface area contributed by atoms with Crippen LogP contribution < -0.4 is 5.43 Å².